The number of hydrogen-bond donors (Lipinski definition) is 0. The maximum absolute atomic E-state index is 13.2. The molecule has 0 saturated carbocycles. The number of aromatic nitrogens is 2. The summed E-state index contributed by atoms with van der Waals surface area (Å²) >= 11 is 3.18. The molecule has 0 radical (unpaired) electrons. The Labute approximate surface area is 77.1 Å². The molecular weight excluding hydrogens is 223 g/mol. The number of nitrogens with zero attached hydrogens (tertiary/aromatic N) is 2. The fourth-order valence-electron chi connectivity index (χ4n) is 1.15. The van der Waals surface area contributed by atoms with Crippen molar-refractivity contribution in [1.29, 1.82) is 0 Å². The first-order valence-corrected chi connectivity index (χ1v) is 4.27. The van der Waals surface area contributed by atoms with Gasteiger partial charge in [-0.3, -0.25) is 0 Å². The molecule has 0 aliphatic heterocycles. The molecule has 0 unspecified atom stereocenters. The molecule has 2 heterocycles. The predicted octanol–water partition coefficient (Wildman–Crippen LogP) is 2.54. The van der Waals surface area contributed by atoms with Crippen LogP contribution >= 0.6 is 15.9 Å². The van der Waals surface area contributed by atoms with E-state index in [2.05, 4.69) is 21.0 Å². The third-order valence-electron chi connectivity index (χ3n) is 1.63. The second-order valence-electron chi connectivity index (χ2n) is 2.66. The molecule has 12 heavy (non-hydrogen) atoms. The van der Waals surface area contributed by atoms with Crippen LogP contribution in [0.5, 0.6) is 0 Å². The third kappa shape index (κ3) is 1.12. The summed E-state index contributed by atoms with van der Waals surface area (Å²) in [5.74, 6) is -0.242. The molecule has 0 aromatic carbocycles. The van der Waals surface area contributed by atoms with E-state index < -0.39 is 0 Å². The highest BCUT2D eigenvalue weighted by Gasteiger charge is 2.04. The van der Waals surface area contributed by atoms with Crippen molar-refractivity contribution in [2.45, 2.75) is 6.92 Å². The van der Waals surface area contributed by atoms with Crippen molar-refractivity contribution < 1.29 is 4.39 Å². The van der Waals surface area contributed by atoms with Gasteiger partial charge in [-0.15, -0.1) is 0 Å². The van der Waals surface area contributed by atoms with Crippen molar-refractivity contribution in [3.05, 3.63) is 34.3 Å². The molecule has 2 nitrogen and oxygen atoms in total. The summed E-state index contributed by atoms with van der Waals surface area (Å²) in [6.45, 7) is 1.83. The zero-order valence-corrected chi connectivity index (χ0v) is 7.97. The molecule has 0 aliphatic carbocycles. The molecule has 0 atom stereocenters. The monoisotopic (exact) mass is 228 g/mol. The summed E-state index contributed by atoms with van der Waals surface area (Å²) in [5.41, 5.74) is 1.35. The van der Waals surface area contributed by atoms with Gasteiger partial charge in [-0.1, -0.05) is 0 Å². The Bertz CT molecular complexity index is 436. The molecule has 0 aliphatic rings. The molecule has 2 aromatic rings. The minimum atomic E-state index is -0.242. The minimum absolute atomic E-state index is 0.242. The molecule has 0 saturated heterocycles. The van der Waals surface area contributed by atoms with E-state index in [-0.39, 0.29) is 5.82 Å². The van der Waals surface area contributed by atoms with Gasteiger partial charge in [0.05, 0.1) is 0 Å². The Morgan fingerprint density at radius 2 is 2.25 bits per heavy atom. The number of pyridine rings is 1. The van der Waals surface area contributed by atoms with Gasteiger partial charge in [0.25, 0.3) is 0 Å². The van der Waals surface area contributed by atoms with Crippen molar-refractivity contribution in [3.8, 4) is 0 Å². The van der Waals surface area contributed by atoms with Gasteiger partial charge < -0.3 is 0 Å². The lowest BCUT2D eigenvalue weighted by molar-refractivity contribution is 0.628. The van der Waals surface area contributed by atoms with Crippen molar-refractivity contribution >= 4 is 21.4 Å². The van der Waals surface area contributed by atoms with E-state index in [1.54, 1.807) is 12.3 Å². The maximum Gasteiger partial charge on any atom is 0.149 e. The average Bonchev–Trinajstić information content (AvgIpc) is 2.29. The number of halogens is 2. The Morgan fingerprint density at radius 1 is 1.50 bits per heavy atom. The molecule has 0 spiro atoms. The van der Waals surface area contributed by atoms with Crippen LogP contribution in [-0.2, 0) is 0 Å². The Morgan fingerprint density at radius 3 is 3.00 bits per heavy atom. The van der Waals surface area contributed by atoms with Gasteiger partial charge in [-0.2, -0.15) is 5.10 Å². The number of fused-ring (bicyclic) bond motifs is 1. The predicted molar refractivity (Wildman–Crippen MR) is 47.6 cm³/mol. The Hall–Kier alpha value is -0.900. The highest BCUT2D eigenvalue weighted by Crippen LogP contribution is 2.16. The van der Waals surface area contributed by atoms with Gasteiger partial charge in [0, 0.05) is 12.3 Å². The van der Waals surface area contributed by atoms with Gasteiger partial charge in [-0.05, 0) is 34.5 Å². The molecular formula is C8H6BrFN2. The smallest absolute Gasteiger partial charge is 0.149 e. The van der Waals surface area contributed by atoms with Crippen LogP contribution in [0.4, 0.5) is 4.39 Å². The van der Waals surface area contributed by atoms with Crippen molar-refractivity contribution in [2.24, 2.45) is 0 Å². The molecule has 0 bridgehead atoms. The summed E-state index contributed by atoms with van der Waals surface area (Å²) in [6.07, 6.45) is 1.78. The van der Waals surface area contributed by atoms with E-state index in [0.717, 1.165) is 5.56 Å². The first-order valence-electron chi connectivity index (χ1n) is 3.48. The van der Waals surface area contributed by atoms with Gasteiger partial charge >= 0.3 is 0 Å². The number of hydrogen-bond acceptors (Lipinski definition) is 1. The standard InChI is InChI=1S/C8H6BrFN2/c1-5-2-6(10)7-3-8(9)11-12(7)4-5/h2-4H,1H3. The summed E-state index contributed by atoms with van der Waals surface area (Å²) in [4.78, 5) is 0. The SMILES string of the molecule is Cc1cc(F)c2cc(Br)nn2c1. The van der Waals surface area contributed by atoms with Crippen LogP contribution in [0, 0.1) is 12.7 Å². The molecule has 2 aromatic heterocycles. The lowest BCUT2D eigenvalue weighted by Gasteiger charge is -1.96. The van der Waals surface area contributed by atoms with E-state index in [9.17, 15) is 4.39 Å². The molecule has 0 N–H and O–H groups in total. The van der Waals surface area contributed by atoms with Gasteiger partial charge in [-0.25, -0.2) is 8.91 Å². The van der Waals surface area contributed by atoms with Gasteiger partial charge in [0.1, 0.15) is 15.9 Å². The highest BCUT2D eigenvalue weighted by atomic mass is 79.9. The maximum atomic E-state index is 13.2. The summed E-state index contributed by atoms with van der Waals surface area (Å²) in [6, 6.07) is 3.14. The highest BCUT2D eigenvalue weighted by molar-refractivity contribution is 9.10. The quantitative estimate of drug-likeness (QED) is 0.678. The van der Waals surface area contributed by atoms with E-state index in [1.165, 1.54) is 10.6 Å². The van der Waals surface area contributed by atoms with E-state index >= 15 is 0 Å². The molecule has 2 rings (SSSR count). The molecule has 62 valence electrons. The van der Waals surface area contributed by atoms with Crippen molar-refractivity contribution in [3.63, 3.8) is 0 Å². The van der Waals surface area contributed by atoms with Crippen LogP contribution < -0.4 is 0 Å². The van der Waals surface area contributed by atoms with Crippen LogP contribution in [0.2, 0.25) is 0 Å². The minimum Gasteiger partial charge on any atom is -0.237 e. The Balaban J connectivity index is 2.88. The number of rotatable bonds is 0. The van der Waals surface area contributed by atoms with E-state index in [4.69, 9.17) is 0 Å². The van der Waals surface area contributed by atoms with Gasteiger partial charge in [0.2, 0.25) is 0 Å². The average molecular weight is 229 g/mol. The summed E-state index contributed by atoms with van der Waals surface area (Å²) < 4.78 is 15.3. The summed E-state index contributed by atoms with van der Waals surface area (Å²) in [7, 11) is 0. The fraction of sp³-hybridized carbons (Fsp3) is 0.125. The topological polar surface area (TPSA) is 17.3 Å². The molecule has 0 fully saturated rings. The number of aryl methyl sites for hydroxylation is 1. The van der Waals surface area contributed by atoms with Crippen LogP contribution in [0.15, 0.2) is 22.9 Å². The normalized spacial score (nSPS) is 10.9. The first kappa shape index (κ1) is 7.73. The zero-order valence-electron chi connectivity index (χ0n) is 6.38. The van der Waals surface area contributed by atoms with E-state index in [1.807, 2.05) is 6.92 Å². The molecule has 0 amide bonds. The van der Waals surface area contributed by atoms with Crippen LogP contribution in [0.1, 0.15) is 5.56 Å². The van der Waals surface area contributed by atoms with Crippen LogP contribution in [-0.4, -0.2) is 9.61 Å². The third-order valence-corrected chi connectivity index (χ3v) is 2.02. The fourth-order valence-corrected chi connectivity index (χ4v) is 1.53. The lowest BCUT2D eigenvalue weighted by Crippen LogP contribution is -1.90. The Kier molecular flexibility index (Phi) is 1.65. The lowest BCUT2D eigenvalue weighted by atomic mass is 10.3. The van der Waals surface area contributed by atoms with Gasteiger partial charge in [0.15, 0.2) is 0 Å². The second kappa shape index (κ2) is 2.55. The van der Waals surface area contributed by atoms with Crippen LogP contribution in [0.3, 0.4) is 0 Å². The van der Waals surface area contributed by atoms with Crippen molar-refractivity contribution in [1.82, 2.24) is 9.61 Å². The second-order valence-corrected chi connectivity index (χ2v) is 3.47. The molecule has 4 heteroatoms. The summed E-state index contributed by atoms with van der Waals surface area (Å²) in [5, 5.41) is 4.03. The first-order chi connectivity index (χ1) is 5.66. The van der Waals surface area contributed by atoms with Crippen LogP contribution in [0.25, 0.3) is 5.52 Å². The van der Waals surface area contributed by atoms with E-state index in [0.29, 0.717) is 10.1 Å². The zero-order chi connectivity index (χ0) is 8.72. The van der Waals surface area contributed by atoms with Crippen molar-refractivity contribution in [2.75, 3.05) is 0 Å². The largest absolute Gasteiger partial charge is 0.237 e.